The van der Waals surface area contributed by atoms with Crippen LogP contribution in [0.25, 0.3) is 50.4 Å². The monoisotopic (exact) mass is 512 g/mol. The minimum atomic E-state index is -0.204. The van der Waals surface area contributed by atoms with Gasteiger partial charge in [-0.25, -0.2) is 15.0 Å². The van der Waals surface area contributed by atoms with Gasteiger partial charge in [-0.05, 0) is 31.2 Å². The van der Waals surface area contributed by atoms with Crippen LogP contribution in [0.2, 0.25) is 0 Å². The molecule has 0 bridgehead atoms. The standard InChI is InChI=1S/C28H20N10O/c1-16-14-38(15-32-16)23-13-30-12-22-25(23)35-27(34-22)24-21-8-19(10-31-26(21)37-36-24)18-7-20(11-29-9-18)33-28(39)17-5-3-2-4-6-17/h2-15H,1H3,(H,33,39)(H,34,35)(H,31,36,37). The number of H-pyrrole nitrogens is 2. The Morgan fingerprint density at radius 2 is 1.79 bits per heavy atom. The quantitative estimate of drug-likeness (QED) is 0.303. The van der Waals surface area contributed by atoms with E-state index in [0.29, 0.717) is 28.4 Å². The molecule has 0 atom stereocenters. The number of hydrogen-bond donors (Lipinski definition) is 3. The summed E-state index contributed by atoms with van der Waals surface area (Å²) in [6, 6.07) is 12.9. The fraction of sp³-hybridized carbons (Fsp3) is 0.0357. The van der Waals surface area contributed by atoms with E-state index in [1.807, 2.05) is 48.0 Å². The molecule has 188 valence electrons. The Morgan fingerprint density at radius 1 is 0.949 bits per heavy atom. The fourth-order valence-electron chi connectivity index (χ4n) is 4.48. The van der Waals surface area contributed by atoms with Crippen LogP contribution in [0.4, 0.5) is 5.69 Å². The Labute approximate surface area is 221 Å². The van der Waals surface area contributed by atoms with E-state index in [9.17, 15) is 4.79 Å². The number of amides is 1. The van der Waals surface area contributed by atoms with Crippen molar-refractivity contribution < 1.29 is 4.79 Å². The zero-order valence-electron chi connectivity index (χ0n) is 20.6. The molecule has 11 heteroatoms. The molecule has 7 aromatic rings. The molecule has 0 aliphatic heterocycles. The van der Waals surface area contributed by atoms with E-state index in [0.717, 1.165) is 38.9 Å². The Morgan fingerprint density at radius 3 is 2.64 bits per heavy atom. The predicted molar refractivity (Wildman–Crippen MR) is 146 cm³/mol. The predicted octanol–water partition coefficient (Wildman–Crippen LogP) is 4.70. The molecule has 6 heterocycles. The van der Waals surface area contributed by atoms with Gasteiger partial charge in [0.1, 0.15) is 11.2 Å². The van der Waals surface area contributed by atoms with Gasteiger partial charge in [-0.1, -0.05) is 18.2 Å². The molecule has 3 N–H and O–H groups in total. The largest absolute Gasteiger partial charge is 0.335 e. The van der Waals surface area contributed by atoms with Crippen LogP contribution in [0, 0.1) is 6.92 Å². The number of hydrogen-bond acceptors (Lipinski definition) is 7. The van der Waals surface area contributed by atoms with E-state index < -0.39 is 0 Å². The molecule has 0 saturated heterocycles. The minimum absolute atomic E-state index is 0.204. The van der Waals surface area contributed by atoms with Gasteiger partial charge in [0.05, 0.1) is 52.9 Å². The molecule has 0 aliphatic rings. The molecule has 39 heavy (non-hydrogen) atoms. The number of carbonyl (C=O) groups is 1. The molecule has 0 saturated carbocycles. The number of aromatic nitrogens is 9. The van der Waals surface area contributed by atoms with Crippen molar-refractivity contribution in [1.29, 1.82) is 0 Å². The topological polar surface area (TPSA) is 143 Å². The number of aryl methyl sites for hydroxylation is 1. The van der Waals surface area contributed by atoms with E-state index >= 15 is 0 Å². The summed E-state index contributed by atoms with van der Waals surface area (Å²) >= 11 is 0. The van der Waals surface area contributed by atoms with Gasteiger partial charge >= 0.3 is 0 Å². The summed E-state index contributed by atoms with van der Waals surface area (Å²) in [5.41, 5.74) is 7.29. The van der Waals surface area contributed by atoms with Crippen molar-refractivity contribution in [2.24, 2.45) is 0 Å². The average molecular weight is 513 g/mol. The molecule has 0 aliphatic carbocycles. The Kier molecular flexibility index (Phi) is 5.18. The first-order valence-electron chi connectivity index (χ1n) is 12.1. The molecule has 1 amide bonds. The normalized spacial score (nSPS) is 11.3. The second kappa shape index (κ2) is 8.99. The number of fused-ring (bicyclic) bond motifs is 2. The van der Waals surface area contributed by atoms with Crippen molar-refractivity contribution >= 4 is 33.7 Å². The number of nitrogens with one attached hydrogen (secondary N) is 3. The highest BCUT2D eigenvalue weighted by molar-refractivity contribution is 6.04. The van der Waals surface area contributed by atoms with Crippen molar-refractivity contribution in [2.75, 3.05) is 5.32 Å². The maximum Gasteiger partial charge on any atom is 0.255 e. The van der Waals surface area contributed by atoms with Crippen LogP contribution in [-0.4, -0.2) is 50.6 Å². The zero-order valence-corrected chi connectivity index (χ0v) is 20.6. The number of aromatic amines is 2. The lowest BCUT2D eigenvalue weighted by Gasteiger charge is -2.07. The van der Waals surface area contributed by atoms with Crippen LogP contribution in [0.15, 0.2) is 86.0 Å². The van der Waals surface area contributed by atoms with Crippen molar-refractivity contribution in [3.8, 4) is 28.3 Å². The van der Waals surface area contributed by atoms with Gasteiger partial charge in [-0.2, -0.15) is 5.10 Å². The minimum Gasteiger partial charge on any atom is -0.335 e. The highest BCUT2D eigenvalue weighted by Crippen LogP contribution is 2.30. The first-order chi connectivity index (χ1) is 19.1. The third kappa shape index (κ3) is 4.07. The molecule has 0 unspecified atom stereocenters. The van der Waals surface area contributed by atoms with Gasteiger partial charge < -0.3 is 14.9 Å². The molecule has 7 rings (SSSR count). The molecule has 0 radical (unpaired) electrons. The van der Waals surface area contributed by atoms with Crippen molar-refractivity contribution in [3.05, 3.63) is 97.2 Å². The molecule has 1 aromatic carbocycles. The number of imidazole rings is 2. The van der Waals surface area contributed by atoms with Crippen LogP contribution in [-0.2, 0) is 0 Å². The van der Waals surface area contributed by atoms with Gasteiger partial charge in [0, 0.05) is 35.3 Å². The Bertz CT molecular complexity index is 1990. The van der Waals surface area contributed by atoms with Crippen LogP contribution in [0.3, 0.4) is 0 Å². The number of anilines is 1. The van der Waals surface area contributed by atoms with E-state index in [1.165, 1.54) is 0 Å². The Hall–Kier alpha value is -5.71. The summed E-state index contributed by atoms with van der Waals surface area (Å²) < 4.78 is 1.90. The second-order valence-electron chi connectivity index (χ2n) is 9.04. The maximum atomic E-state index is 12.6. The summed E-state index contributed by atoms with van der Waals surface area (Å²) in [6.07, 6.45) is 12.2. The lowest BCUT2D eigenvalue weighted by molar-refractivity contribution is 0.102. The zero-order chi connectivity index (χ0) is 26.3. The first-order valence-corrected chi connectivity index (χ1v) is 12.1. The smallest absolute Gasteiger partial charge is 0.255 e. The lowest BCUT2D eigenvalue weighted by atomic mass is 10.1. The van der Waals surface area contributed by atoms with E-state index in [4.69, 9.17) is 4.98 Å². The first kappa shape index (κ1) is 22.5. The number of pyridine rings is 3. The lowest BCUT2D eigenvalue weighted by Crippen LogP contribution is -2.11. The third-order valence-electron chi connectivity index (χ3n) is 6.38. The summed E-state index contributed by atoms with van der Waals surface area (Å²) in [7, 11) is 0. The van der Waals surface area contributed by atoms with Crippen molar-refractivity contribution in [2.45, 2.75) is 6.92 Å². The van der Waals surface area contributed by atoms with Crippen LogP contribution in [0.5, 0.6) is 0 Å². The fourth-order valence-corrected chi connectivity index (χ4v) is 4.48. The molecule has 0 fully saturated rings. The molecular formula is C28H20N10O. The van der Waals surface area contributed by atoms with Gasteiger partial charge in [0.2, 0.25) is 0 Å². The molecule has 6 aromatic heterocycles. The number of carbonyl (C=O) groups excluding carboxylic acids is 1. The second-order valence-corrected chi connectivity index (χ2v) is 9.04. The number of nitrogens with zero attached hydrogens (tertiary/aromatic N) is 7. The van der Waals surface area contributed by atoms with Crippen LogP contribution in [0.1, 0.15) is 16.1 Å². The van der Waals surface area contributed by atoms with Crippen molar-refractivity contribution in [1.82, 2.24) is 44.7 Å². The summed E-state index contributed by atoms with van der Waals surface area (Å²) in [5, 5.41) is 11.1. The van der Waals surface area contributed by atoms with Crippen molar-refractivity contribution in [3.63, 3.8) is 0 Å². The number of benzene rings is 1. The SMILES string of the molecule is Cc1cn(-c2cncc3[nH]c(-c4[nH]nc5ncc(-c6cncc(NC(=O)c7ccccc7)c6)cc45)nc23)cn1. The average Bonchev–Trinajstić information content (AvgIpc) is 3.71. The molecular weight excluding hydrogens is 492 g/mol. The van der Waals surface area contributed by atoms with Crippen LogP contribution < -0.4 is 5.32 Å². The molecule has 11 nitrogen and oxygen atoms in total. The van der Waals surface area contributed by atoms with Crippen LogP contribution >= 0.6 is 0 Å². The van der Waals surface area contributed by atoms with E-state index in [-0.39, 0.29) is 5.91 Å². The summed E-state index contributed by atoms with van der Waals surface area (Å²) in [6.45, 7) is 1.93. The molecule has 0 spiro atoms. The van der Waals surface area contributed by atoms with E-state index in [1.54, 1.807) is 49.4 Å². The van der Waals surface area contributed by atoms with E-state index in [2.05, 4.69) is 40.4 Å². The third-order valence-corrected chi connectivity index (χ3v) is 6.38. The van der Waals surface area contributed by atoms with Gasteiger partial charge in [0.25, 0.3) is 5.91 Å². The van der Waals surface area contributed by atoms with Gasteiger partial charge in [0.15, 0.2) is 11.5 Å². The highest BCUT2D eigenvalue weighted by Gasteiger charge is 2.17. The van der Waals surface area contributed by atoms with Gasteiger partial charge in [-0.3, -0.25) is 19.9 Å². The summed E-state index contributed by atoms with van der Waals surface area (Å²) in [4.78, 5) is 38.4. The Balaban J connectivity index is 1.25. The maximum absolute atomic E-state index is 12.6. The highest BCUT2D eigenvalue weighted by atomic mass is 16.1. The van der Waals surface area contributed by atoms with Gasteiger partial charge in [-0.15, -0.1) is 0 Å². The summed E-state index contributed by atoms with van der Waals surface area (Å²) in [5.74, 6) is 0.407. The number of rotatable bonds is 5.